The summed E-state index contributed by atoms with van der Waals surface area (Å²) in [4.78, 5) is 23.7. The summed E-state index contributed by atoms with van der Waals surface area (Å²) in [6.07, 6.45) is 1.73. The van der Waals surface area contributed by atoms with Crippen LogP contribution in [0.2, 0.25) is 0 Å². The molecule has 1 aliphatic carbocycles. The van der Waals surface area contributed by atoms with Gasteiger partial charge in [0.15, 0.2) is 5.82 Å². The number of amides is 2. The lowest BCUT2D eigenvalue weighted by Crippen LogP contribution is -2.49. The molecule has 7 nitrogen and oxygen atoms in total. The Morgan fingerprint density at radius 3 is 2.75 bits per heavy atom. The highest BCUT2D eigenvalue weighted by atomic mass is 16.5. The van der Waals surface area contributed by atoms with E-state index in [9.17, 15) is 14.7 Å². The Morgan fingerprint density at radius 2 is 2.04 bits per heavy atom. The molecule has 1 aliphatic rings. The van der Waals surface area contributed by atoms with Crippen LogP contribution in [-0.2, 0) is 22.4 Å². The van der Waals surface area contributed by atoms with Gasteiger partial charge in [0.05, 0.1) is 5.60 Å². The normalized spacial score (nSPS) is 19.4. The topological polar surface area (TPSA) is 104 Å². The van der Waals surface area contributed by atoms with Crippen molar-refractivity contribution >= 4 is 17.6 Å². The van der Waals surface area contributed by atoms with Crippen molar-refractivity contribution in [2.75, 3.05) is 11.9 Å². The second kappa shape index (κ2) is 6.45. The van der Waals surface area contributed by atoms with E-state index in [2.05, 4.69) is 15.8 Å². The number of nitrogens with zero attached hydrogens (tertiary/aromatic N) is 1. The molecule has 0 aliphatic heterocycles. The molecule has 1 unspecified atom stereocenters. The monoisotopic (exact) mass is 329 g/mol. The SMILES string of the molecule is Cc1cc(NC(=O)C(=O)NCC2(O)CCc3ccccc3C2)no1. The minimum atomic E-state index is -1.05. The predicted octanol–water partition coefficient (Wildman–Crippen LogP) is 0.958. The van der Waals surface area contributed by atoms with E-state index in [1.165, 1.54) is 11.6 Å². The van der Waals surface area contributed by atoms with Crippen LogP contribution in [0.1, 0.15) is 23.3 Å². The number of rotatable bonds is 3. The van der Waals surface area contributed by atoms with Crippen molar-refractivity contribution in [1.82, 2.24) is 10.5 Å². The maximum Gasteiger partial charge on any atom is 0.314 e. The molecule has 0 saturated heterocycles. The summed E-state index contributed by atoms with van der Waals surface area (Å²) in [7, 11) is 0. The third-order valence-electron chi connectivity index (χ3n) is 4.15. The molecule has 126 valence electrons. The Balaban J connectivity index is 1.55. The number of aliphatic hydroxyl groups is 1. The van der Waals surface area contributed by atoms with Crippen LogP contribution in [0.5, 0.6) is 0 Å². The number of nitrogens with one attached hydrogen (secondary N) is 2. The number of aryl methyl sites for hydroxylation is 2. The Bertz CT molecular complexity index is 771. The second-order valence-corrected chi connectivity index (χ2v) is 6.13. The van der Waals surface area contributed by atoms with Gasteiger partial charge in [-0.1, -0.05) is 29.4 Å². The molecule has 7 heteroatoms. The van der Waals surface area contributed by atoms with Crippen LogP contribution in [-0.4, -0.2) is 34.2 Å². The van der Waals surface area contributed by atoms with Crippen molar-refractivity contribution in [3.05, 3.63) is 47.2 Å². The lowest BCUT2D eigenvalue weighted by Gasteiger charge is -2.33. The van der Waals surface area contributed by atoms with E-state index in [1.807, 2.05) is 24.3 Å². The van der Waals surface area contributed by atoms with Crippen molar-refractivity contribution in [2.24, 2.45) is 0 Å². The van der Waals surface area contributed by atoms with Gasteiger partial charge in [0, 0.05) is 19.0 Å². The van der Waals surface area contributed by atoms with Crippen LogP contribution in [0.4, 0.5) is 5.82 Å². The van der Waals surface area contributed by atoms with Gasteiger partial charge in [0.1, 0.15) is 5.76 Å². The number of carbonyl (C=O) groups excluding carboxylic acids is 2. The average Bonchev–Trinajstić information content (AvgIpc) is 2.97. The molecular weight excluding hydrogens is 310 g/mol. The number of hydrogen-bond donors (Lipinski definition) is 3. The Labute approximate surface area is 139 Å². The van der Waals surface area contributed by atoms with Crippen molar-refractivity contribution < 1.29 is 19.2 Å². The van der Waals surface area contributed by atoms with Crippen molar-refractivity contribution in [3.8, 4) is 0 Å². The summed E-state index contributed by atoms with van der Waals surface area (Å²) in [5, 5.41) is 19.1. The van der Waals surface area contributed by atoms with E-state index in [1.54, 1.807) is 6.92 Å². The van der Waals surface area contributed by atoms with Gasteiger partial charge in [-0.15, -0.1) is 0 Å². The molecule has 0 bridgehead atoms. The molecule has 1 aromatic heterocycles. The van der Waals surface area contributed by atoms with Crippen LogP contribution >= 0.6 is 0 Å². The fraction of sp³-hybridized carbons (Fsp3) is 0.353. The van der Waals surface area contributed by atoms with Gasteiger partial charge < -0.3 is 14.9 Å². The molecule has 1 aromatic carbocycles. The quantitative estimate of drug-likeness (QED) is 0.728. The Hall–Kier alpha value is -2.67. The zero-order valence-corrected chi connectivity index (χ0v) is 13.3. The lowest BCUT2D eigenvalue weighted by atomic mass is 9.80. The Kier molecular flexibility index (Phi) is 4.35. The lowest BCUT2D eigenvalue weighted by molar-refractivity contribution is -0.137. The van der Waals surface area contributed by atoms with Gasteiger partial charge in [-0.3, -0.25) is 14.9 Å². The van der Waals surface area contributed by atoms with E-state index in [4.69, 9.17) is 4.52 Å². The first-order valence-corrected chi connectivity index (χ1v) is 7.77. The molecule has 2 amide bonds. The molecule has 0 saturated carbocycles. The van der Waals surface area contributed by atoms with E-state index in [0.29, 0.717) is 18.6 Å². The van der Waals surface area contributed by atoms with Gasteiger partial charge in [0.25, 0.3) is 0 Å². The second-order valence-electron chi connectivity index (χ2n) is 6.13. The zero-order chi connectivity index (χ0) is 17.2. The molecule has 0 fully saturated rings. The molecular formula is C17H19N3O4. The van der Waals surface area contributed by atoms with E-state index < -0.39 is 17.4 Å². The summed E-state index contributed by atoms with van der Waals surface area (Å²) >= 11 is 0. The maximum absolute atomic E-state index is 11.9. The number of anilines is 1. The van der Waals surface area contributed by atoms with Crippen LogP contribution < -0.4 is 10.6 Å². The number of benzene rings is 1. The summed E-state index contributed by atoms with van der Waals surface area (Å²) in [6, 6.07) is 9.43. The summed E-state index contributed by atoms with van der Waals surface area (Å²) in [5.74, 6) is -0.954. The predicted molar refractivity (Wildman–Crippen MR) is 86.3 cm³/mol. The summed E-state index contributed by atoms with van der Waals surface area (Å²) in [5.41, 5.74) is 1.24. The summed E-state index contributed by atoms with van der Waals surface area (Å²) < 4.78 is 4.81. The van der Waals surface area contributed by atoms with Crippen molar-refractivity contribution in [2.45, 2.75) is 31.8 Å². The molecule has 1 heterocycles. The number of aromatic nitrogens is 1. The standard InChI is InChI=1S/C17H19N3O4/c1-11-8-14(20-24-11)19-16(22)15(21)18-10-17(23)7-6-12-4-2-3-5-13(12)9-17/h2-5,8,23H,6-7,9-10H2,1H3,(H,18,21)(H,19,20,22). The molecule has 3 rings (SSSR count). The zero-order valence-electron chi connectivity index (χ0n) is 13.3. The minimum Gasteiger partial charge on any atom is -0.388 e. The van der Waals surface area contributed by atoms with Crippen LogP contribution in [0.15, 0.2) is 34.9 Å². The van der Waals surface area contributed by atoms with E-state index in [0.717, 1.165) is 12.0 Å². The first kappa shape index (κ1) is 16.2. The van der Waals surface area contributed by atoms with E-state index >= 15 is 0 Å². The molecule has 1 atom stereocenters. The Morgan fingerprint density at radius 1 is 1.29 bits per heavy atom. The van der Waals surface area contributed by atoms with Crippen molar-refractivity contribution in [3.63, 3.8) is 0 Å². The highest BCUT2D eigenvalue weighted by Gasteiger charge is 2.33. The van der Waals surface area contributed by atoms with Gasteiger partial charge in [0.2, 0.25) is 0 Å². The largest absolute Gasteiger partial charge is 0.388 e. The molecule has 3 N–H and O–H groups in total. The fourth-order valence-corrected chi connectivity index (χ4v) is 2.86. The third kappa shape index (κ3) is 3.62. The number of hydrogen-bond acceptors (Lipinski definition) is 5. The fourth-order valence-electron chi connectivity index (χ4n) is 2.86. The molecule has 24 heavy (non-hydrogen) atoms. The highest BCUT2D eigenvalue weighted by Crippen LogP contribution is 2.28. The highest BCUT2D eigenvalue weighted by molar-refractivity contribution is 6.39. The van der Waals surface area contributed by atoms with Gasteiger partial charge in [-0.05, 0) is 30.9 Å². The van der Waals surface area contributed by atoms with Crippen LogP contribution in [0.3, 0.4) is 0 Å². The number of carbonyl (C=O) groups is 2. The number of fused-ring (bicyclic) bond motifs is 1. The summed E-state index contributed by atoms with van der Waals surface area (Å²) in [6.45, 7) is 1.70. The van der Waals surface area contributed by atoms with Crippen molar-refractivity contribution in [1.29, 1.82) is 0 Å². The van der Waals surface area contributed by atoms with Crippen LogP contribution in [0.25, 0.3) is 0 Å². The van der Waals surface area contributed by atoms with Gasteiger partial charge >= 0.3 is 11.8 Å². The van der Waals surface area contributed by atoms with Gasteiger partial charge in [-0.2, -0.15) is 0 Å². The van der Waals surface area contributed by atoms with Gasteiger partial charge in [-0.25, -0.2) is 0 Å². The van der Waals surface area contributed by atoms with E-state index in [-0.39, 0.29) is 12.4 Å². The average molecular weight is 329 g/mol. The maximum atomic E-state index is 11.9. The van der Waals surface area contributed by atoms with Crippen LogP contribution in [0, 0.1) is 6.92 Å². The first-order chi connectivity index (χ1) is 11.5. The molecule has 0 radical (unpaired) electrons. The minimum absolute atomic E-state index is 0.0193. The molecule has 2 aromatic rings. The smallest absolute Gasteiger partial charge is 0.314 e. The third-order valence-corrected chi connectivity index (χ3v) is 4.15. The molecule has 0 spiro atoms. The first-order valence-electron chi connectivity index (χ1n) is 7.77.